The molecule has 0 aliphatic carbocycles. The van der Waals surface area contributed by atoms with Crippen LogP contribution in [0.4, 0.5) is 0 Å². The quantitative estimate of drug-likeness (QED) is 0.876. The van der Waals surface area contributed by atoms with Crippen molar-refractivity contribution in [1.82, 2.24) is 10.3 Å². The number of likely N-dealkylation sites (N-methyl/N-ethyl adjacent to an activating group) is 1. The van der Waals surface area contributed by atoms with E-state index in [1.807, 2.05) is 31.4 Å². The number of nitrogens with one attached hydrogen (secondary N) is 1. The lowest BCUT2D eigenvalue weighted by Crippen LogP contribution is -2.18. The second-order valence-electron chi connectivity index (χ2n) is 4.58. The maximum atomic E-state index is 5.99. The van der Waals surface area contributed by atoms with E-state index in [0.29, 0.717) is 5.92 Å². The van der Waals surface area contributed by atoms with Gasteiger partial charge < -0.3 is 10.1 Å². The third-order valence-corrected chi connectivity index (χ3v) is 3.37. The lowest BCUT2D eigenvalue weighted by molar-refractivity contribution is 0.475. The van der Waals surface area contributed by atoms with E-state index in [4.69, 9.17) is 4.74 Å². The number of hydrogen-bond donors (Lipinski definition) is 1. The summed E-state index contributed by atoms with van der Waals surface area (Å²) in [7, 11) is 1.99. The third-order valence-electron chi connectivity index (χ3n) is 3.37. The van der Waals surface area contributed by atoms with Crippen LogP contribution in [0.15, 0.2) is 42.7 Å². The highest BCUT2D eigenvalue weighted by Gasteiger charge is 2.22. The fourth-order valence-corrected chi connectivity index (χ4v) is 2.50. The van der Waals surface area contributed by atoms with Crippen molar-refractivity contribution in [1.29, 1.82) is 0 Å². The van der Waals surface area contributed by atoms with E-state index in [-0.39, 0.29) is 0 Å². The summed E-state index contributed by atoms with van der Waals surface area (Å²) >= 11 is 0. The fourth-order valence-electron chi connectivity index (χ4n) is 2.50. The Bertz CT molecular complexity index is 554. The minimum Gasteiger partial charge on any atom is -0.455 e. The largest absolute Gasteiger partial charge is 0.455 e. The molecule has 3 rings (SSSR count). The zero-order valence-electron chi connectivity index (χ0n) is 10.4. The number of hydrogen-bond acceptors (Lipinski definition) is 3. The summed E-state index contributed by atoms with van der Waals surface area (Å²) < 4.78 is 5.99. The van der Waals surface area contributed by atoms with Crippen LogP contribution in [0.5, 0.6) is 11.5 Å². The molecule has 1 aromatic carbocycles. The molecule has 1 aliphatic rings. The molecule has 1 aromatic heterocycles. The molecule has 0 saturated heterocycles. The zero-order chi connectivity index (χ0) is 12.4. The second kappa shape index (κ2) is 4.78. The summed E-state index contributed by atoms with van der Waals surface area (Å²) in [6.45, 7) is 0.947. The number of pyridine rings is 1. The first-order valence-electron chi connectivity index (χ1n) is 6.22. The zero-order valence-corrected chi connectivity index (χ0v) is 10.4. The Balaban J connectivity index is 2.08. The fraction of sp³-hybridized carbons (Fsp3) is 0.267. The minimum absolute atomic E-state index is 0.440. The molecule has 0 unspecified atom stereocenters. The number of ether oxygens (including phenoxy) is 1. The highest BCUT2D eigenvalue weighted by atomic mass is 16.5. The average Bonchev–Trinajstić information content (AvgIpc) is 2.56. The van der Waals surface area contributed by atoms with Gasteiger partial charge in [0.05, 0.1) is 6.20 Å². The molecule has 0 radical (unpaired) electrons. The Hall–Kier alpha value is -1.87. The molecule has 2 heterocycles. The van der Waals surface area contributed by atoms with Crippen molar-refractivity contribution in [2.45, 2.75) is 12.3 Å². The van der Waals surface area contributed by atoms with Crippen LogP contribution in [0.1, 0.15) is 17.0 Å². The van der Waals surface area contributed by atoms with Crippen molar-refractivity contribution in [3.05, 3.63) is 53.9 Å². The molecular weight excluding hydrogens is 224 g/mol. The number of benzene rings is 1. The normalized spacial score (nSPS) is 17.3. The van der Waals surface area contributed by atoms with Crippen molar-refractivity contribution in [2.75, 3.05) is 13.6 Å². The van der Waals surface area contributed by atoms with Crippen LogP contribution in [0.2, 0.25) is 0 Å². The first-order chi connectivity index (χ1) is 8.88. The molecule has 3 heteroatoms. The summed E-state index contributed by atoms with van der Waals surface area (Å²) in [6, 6.07) is 10.3. The van der Waals surface area contributed by atoms with Gasteiger partial charge in [0, 0.05) is 18.7 Å². The molecule has 0 fully saturated rings. The number of rotatable bonds is 2. The van der Waals surface area contributed by atoms with Crippen molar-refractivity contribution in [3.8, 4) is 11.5 Å². The van der Waals surface area contributed by atoms with Gasteiger partial charge in [-0.3, -0.25) is 4.98 Å². The van der Waals surface area contributed by atoms with Crippen LogP contribution >= 0.6 is 0 Å². The van der Waals surface area contributed by atoms with Gasteiger partial charge in [0.2, 0.25) is 0 Å². The van der Waals surface area contributed by atoms with Crippen molar-refractivity contribution in [3.63, 3.8) is 0 Å². The summed E-state index contributed by atoms with van der Waals surface area (Å²) in [5, 5.41) is 3.27. The third kappa shape index (κ3) is 1.97. The Morgan fingerprint density at radius 1 is 1.28 bits per heavy atom. The molecule has 2 aromatic rings. The Kier molecular flexibility index (Phi) is 2.99. The standard InChI is InChI=1S/C15H16N2O/c1-16-9-12-8-11-6-7-17-10-15(11)18-14-5-3-2-4-13(12)14/h2-7,10,12,16H,8-9H2,1H3/t12-/m0/s1. The molecule has 92 valence electrons. The van der Waals surface area contributed by atoms with E-state index in [1.54, 1.807) is 6.20 Å². The van der Waals surface area contributed by atoms with Gasteiger partial charge in [-0.05, 0) is 36.7 Å². The van der Waals surface area contributed by atoms with E-state index < -0.39 is 0 Å². The van der Waals surface area contributed by atoms with Crippen LogP contribution < -0.4 is 10.1 Å². The minimum atomic E-state index is 0.440. The monoisotopic (exact) mass is 240 g/mol. The first kappa shape index (κ1) is 11.2. The SMILES string of the molecule is CNC[C@@H]1Cc2ccncc2Oc2ccccc21. The van der Waals surface area contributed by atoms with Crippen LogP contribution in [-0.4, -0.2) is 18.6 Å². The number of aromatic nitrogens is 1. The van der Waals surface area contributed by atoms with E-state index in [2.05, 4.69) is 22.4 Å². The van der Waals surface area contributed by atoms with Gasteiger partial charge in [0.25, 0.3) is 0 Å². The molecule has 1 N–H and O–H groups in total. The smallest absolute Gasteiger partial charge is 0.148 e. The lowest BCUT2D eigenvalue weighted by atomic mass is 9.92. The number of nitrogens with zero attached hydrogens (tertiary/aromatic N) is 1. The van der Waals surface area contributed by atoms with Gasteiger partial charge in [-0.2, -0.15) is 0 Å². The Labute approximate surface area is 107 Å². The molecule has 3 nitrogen and oxygen atoms in total. The molecule has 18 heavy (non-hydrogen) atoms. The Morgan fingerprint density at radius 3 is 3.06 bits per heavy atom. The molecule has 0 saturated carbocycles. The summed E-state index contributed by atoms with van der Waals surface area (Å²) in [5.74, 6) is 2.27. The first-order valence-corrected chi connectivity index (χ1v) is 6.22. The molecular formula is C15H16N2O. The molecule has 0 amide bonds. The maximum absolute atomic E-state index is 5.99. The van der Waals surface area contributed by atoms with Gasteiger partial charge in [0.15, 0.2) is 0 Å². The van der Waals surface area contributed by atoms with E-state index in [1.165, 1.54) is 11.1 Å². The average molecular weight is 240 g/mol. The number of para-hydroxylation sites is 1. The summed E-state index contributed by atoms with van der Waals surface area (Å²) in [4.78, 5) is 4.14. The van der Waals surface area contributed by atoms with Gasteiger partial charge in [-0.25, -0.2) is 0 Å². The van der Waals surface area contributed by atoms with Gasteiger partial charge in [-0.15, -0.1) is 0 Å². The molecule has 0 bridgehead atoms. The molecule has 1 aliphatic heterocycles. The van der Waals surface area contributed by atoms with Crippen molar-refractivity contribution in [2.24, 2.45) is 0 Å². The van der Waals surface area contributed by atoms with Crippen LogP contribution in [0, 0.1) is 0 Å². The van der Waals surface area contributed by atoms with Gasteiger partial charge in [-0.1, -0.05) is 18.2 Å². The van der Waals surface area contributed by atoms with Crippen LogP contribution in [-0.2, 0) is 6.42 Å². The van der Waals surface area contributed by atoms with Crippen LogP contribution in [0.25, 0.3) is 0 Å². The highest BCUT2D eigenvalue weighted by molar-refractivity contribution is 5.46. The van der Waals surface area contributed by atoms with Gasteiger partial charge >= 0.3 is 0 Å². The number of fused-ring (bicyclic) bond motifs is 2. The Morgan fingerprint density at radius 2 is 2.17 bits per heavy atom. The predicted molar refractivity (Wildman–Crippen MR) is 71.1 cm³/mol. The molecule has 0 spiro atoms. The topological polar surface area (TPSA) is 34.2 Å². The molecule has 1 atom stereocenters. The van der Waals surface area contributed by atoms with Crippen molar-refractivity contribution < 1.29 is 4.74 Å². The lowest BCUT2D eigenvalue weighted by Gasteiger charge is -2.15. The summed E-state index contributed by atoms with van der Waals surface area (Å²) in [5.41, 5.74) is 2.49. The highest BCUT2D eigenvalue weighted by Crippen LogP contribution is 2.38. The maximum Gasteiger partial charge on any atom is 0.148 e. The van der Waals surface area contributed by atoms with E-state index >= 15 is 0 Å². The van der Waals surface area contributed by atoms with E-state index in [0.717, 1.165) is 24.5 Å². The summed E-state index contributed by atoms with van der Waals surface area (Å²) in [6.07, 6.45) is 4.61. The van der Waals surface area contributed by atoms with Crippen molar-refractivity contribution >= 4 is 0 Å². The van der Waals surface area contributed by atoms with Gasteiger partial charge in [0.1, 0.15) is 11.5 Å². The second-order valence-corrected chi connectivity index (χ2v) is 4.58. The predicted octanol–water partition coefficient (Wildman–Crippen LogP) is 2.73. The van der Waals surface area contributed by atoms with E-state index in [9.17, 15) is 0 Å². The van der Waals surface area contributed by atoms with Crippen LogP contribution in [0.3, 0.4) is 0 Å².